The smallest absolute Gasteiger partial charge is 0.224 e. The van der Waals surface area contributed by atoms with Gasteiger partial charge in [0.05, 0.1) is 6.07 Å². The molecule has 0 spiro atoms. The van der Waals surface area contributed by atoms with Crippen LogP contribution in [-0.2, 0) is 9.59 Å². The van der Waals surface area contributed by atoms with Crippen LogP contribution in [0.4, 0.5) is 0 Å². The Morgan fingerprint density at radius 1 is 1.19 bits per heavy atom. The zero-order valence-electron chi connectivity index (χ0n) is 12.8. The SMILES string of the molecule is N#CCNC(=O)C(CCCCCC(N)=O)C1CCCCC1. The summed E-state index contributed by atoms with van der Waals surface area (Å²) >= 11 is 0. The van der Waals surface area contributed by atoms with E-state index >= 15 is 0 Å². The summed E-state index contributed by atoms with van der Waals surface area (Å²) in [6.07, 6.45) is 9.84. The van der Waals surface area contributed by atoms with Crippen LogP contribution in [0.2, 0.25) is 0 Å². The van der Waals surface area contributed by atoms with E-state index in [9.17, 15) is 9.59 Å². The first kappa shape index (κ1) is 17.5. The molecule has 21 heavy (non-hydrogen) atoms. The van der Waals surface area contributed by atoms with Crippen molar-refractivity contribution in [2.45, 2.75) is 64.2 Å². The highest BCUT2D eigenvalue weighted by atomic mass is 16.2. The number of rotatable bonds is 9. The van der Waals surface area contributed by atoms with Crippen LogP contribution < -0.4 is 11.1 Å². The van der Waals surface area contributed by atoms with E-state index in [2.05, 4.69) is 5.32 Å². The normalized spacial score (nSPS) is 16.9. The van der Waals surface area contributed by atoms with E-state index in [1.54, 1.807) is 0 Å². The average Bonchev–Trinajstić information content (AvgIpc) is 2.49. The number of nitrogens with one attached hydrogen (secondary N) is 1. The topological polar surface area (TPSA) is 96.0 Å². The summed E-state index contributed by atoms with van der Waals surface area (Å²) < 4.78 is 0. The Hall–Kier alpha value is -1.57. The van der Waals surface area contributed by atoms with Gasteiger partial charge in [0.25, 0.3) is 0 Å². The van der Waals surface area contributed by atoms with Gasteiger partial charge in [-0.3, -0.25) is 9.59 Å². The Labute approximate surface area is 127 Å². The Kier molecular flexibility index (Phi) is 8.49. The van der Waals surface area contributed by atoms with Crippen molar-refractivity contribution < 1.29 is 9.59 Å². The van der Waals surface area contributed by atoms with Crippen molar-refractivity contribution in [2.75, 3.05) is 6.54 Å². The van der Waals surface area contributed by atoms with Gasteiger partial charge in [-0.25, -0.2) is 0 Å². The second-order valence-corrected chi connectivity index (χ2v) is 5.95. The van der Waals surface area contributed by atoms with Gasteiger partial charge in [-0.2, -0.15) is 5.26 Å². The van der Waals surface area contributed by atoms with E-state index in [1.165, 1.54) is 19.3 Å². The third-order valence-electron chi connectivity index (χ3n) is 4.34. The number of carbonyl (C=O) groups is 2. The second kappa shape index (κ2) is 10.2. The molecule has 0 radical (unpaired) electrons. The molecule has 5 heteroatoms. The molecule has 118 valence electrons. The minimum absolute atomic E-state index is 0.0206. The summed E-state index contributed by atoms with van der Waals surface area (Å²) in [5.41, 5.74) is 5.12. The number of hydrogen-bond donors (Lipinski definition) is 2. The fourth-order valence-electron chi connectivity index (χ4n) is 3.22. The summed E-state index contributed by atoms with van der Waals surface area (Å²) in [5, 5.41) is 11.3. The van der Waals surface area contributed by atoms with Gasteiger partial charge in [0, 0.05) is 12.3 Å². The van der Waals surface area contributed by atoms with Crippen molar-refractivity contribution >= 4 is 11.8 Å². The molecule has 0 heterocycles. The number of primary amides is 1. The second-order valence-electron chi connectivity index (χ2n) is 5.95. The van der Waals surface area contributed by atoms with Gasteiger partial charge >= 0.3 is 0 Å². The van der Waals surface area contributed by atoms with Gasteiger partial charge < -0.3 is 11.1 Å². The minimum Gasteiger partial charge on any atom is -0.370 e. The van der Waals surface area contributed by atoms with Crippen LogP contribution in [0, 0.1) is 23.2 Å². The van der Waals surface area contributed by atoms with Crippen LogP contribution in [0.1, 0.15) is 64.2 Å². The van der Waals surface area contributed by atoms with Gasteiger partial charge in [0.1, 0.15) is 6.54 Å². The summed E-state index contributed by atoms with van der Waals surface area (Å²) in [6.45, 7) is 0.0870. The number of carbonyl (C=O) groups excluding carboxylic acids is 2. The Bertz CT molecular complexity index is 370. The third kappa shape index (κ3) is 7.12. The first-order chi connectivity index (χ1) is 10.1. The lowest BCUT2D eigenvalue weighted by Crippen LogP contribution is -2.36. The molecule has 0 aromatic carbocycles. The molecular weight excluding hydrogens is 266 g/mol. The fourth-order valence-corrected chi connectivity index (χ4v) is 3.22. The monoisotopic (exact) mass is 293 g/mol. The summed E-state index contributed by atoms with van der Waals surface area (Å²) in [4.78, 5) is 22.9. The third-order valence-corrected chi connectivity index (χ3v) is 4.34. The van der Waals surface area contributed by atoms with Crippen molar-refractivity contribution in [1.29, 1.82) is 5.26 Å². The first-order valence-corrected chi connectivity index (χ1v) is 8.08. The quantitative estimate of drug-likeness (QED) is 0.504. The van der Waals surface area contributed by atoms with Crippen LogP contribution in [0.25, 0.3) is 0 Å². The Morgan fingerprint density at radius 2 is 1.90 bits per heavy atom. The fraction of sp³-hybridized carbons (Fsp3) is 0.812. The van der Waals surface area contributed by atoms with Gasteiger partial charge in [0.2, 0.25) is 11.8 Å². The highest BCUT2D eigenvalue weighted by Crippen LogP contribution is 2.33. The van der Waals surface area contributed by atoms with Gasteiger partial charge in [-0.05, 0) is 31.6 Å². The minimum atomic E-state index is -0.259. The van der Waals surface area contributed by atoms with Crippen molar-refractivity contribution in [2.24, 2.45) is 17.6 Å². The maximum atomic E-state index is 12.2. The lowest BCUT2D eigenvalue weighted by atomic mass is 9.77. The van der Waals surface area contributed by atoms with E-state index in [0.717, 1.165) is 38.5 Å². The predicted octanol–water partition coefficient (Wildman–Crippen LogP) is 2.26. The summed E-state index contributed by atoms with van der Waals surface area (Å²) in [5.74, 6) is 0.241. The van der Waals surface area contributed by atoms with Crippen LogP contribution in [0.5, 0.6) is 0 Å². The number of amides is 2. The molecule has 1 rings (SSSR count). The number of unbranched alkanes of at least 4 members (excludes halogenated alkanes) is 2. The molecule has 3 N–H and O–H groups in total. The highest BCUT2D eigenvalue weighted by molar-refractivity contribution is 5.79. The van der Waals surface area contributed by atoms with Crippen LogP contribution in [-0.4, -0.2) is 18.4 Å². The van der Waals surface area contributed by atoms with Crippen molar-refractivity contribution in [3.05, 3.63) is 0 Å². The molecule has 1 aliphatic carbocycles. The number of nitrogens with zero attached hydrogens (tertiary/aromatic N) is 1. The van der Waals surface area contributed by atoms with Crippen LogP contribution in [0.15, 0.2) is 0 Å². The largest absolute Gasteiger partial charge is 0.370 e. The maximum absolute atomic E-state index is 12.2. The molecule has 1 fully saturated rings. The van der Waals surface area contributed by atoms with Crippen molar-refractivity contribution in [1.82, 2.24) is 5.32 Å². The van der Waals surface area contributed by atoms with Gasteiger partial charge in [0.15, 0.2) is 0 Å². The van der Waals surface area contributed by atoms with E-state index < -0.39 is 0 Å². The summed E-state index contributed by atoms with van der Waals surface area (Å²) in [6, 6.07) is 1.96. The van der Waals surface area contributed by atoms with E-state index in [1.807, 2.05) is 6.07 Å². The number of nitrogens with two attached hydrogens (primary N) is 1. The van der Waals surface area contributed by atoms with Crippen molar-refractivity contribution in [3.63, 3.8) is 0 Å². The maximum Gasteiger partial charge on any atom is 0.224 e. The lowest BCUT2D eigenvalue weighted by molar-refractivity contribution is -0.127. The molecule has 0 bridgehead atoms. The van der Waals surface area contributed by atoms with E-state index in [-0.39, 0.29) is 24.3 Å². The molecule has 0 aromatic heterocycles. The molecule has 1 unspecified atom stereocenters. The molecule has 2 amide bonds. The highest BCUT2D eigenvalue weighted by Gasteiger charge is 2.28. The van der Waals surface area contributed by atoms with Crippen LogP contribution >= 0.6 is 0 Å². The Morgan fingerprint density at radius 3 is 2.52 bits per heavy atom. The molecule has 1 aliphatic rings. The zero-order chi connectivity index (χ0) is 15.5. The molecule has 0 aliphatic heterocycles. The van der Waals surface area contributed by atoms with E-state index in [4.69, 9.17) is 11.0 Å². The predicted molar refractivity (Wildman–Crippen MR) is 81.0 cm³/mol. The van der Waals surface area contributed by atoms with Crippen molar-refractivity contribution in [3.8, 4) is 6.07 Å². The zero-order valence-corrected chi connectivity index (χ0v) is 12.8. The number of nitriles is 1. The molecule has 1 saturated carbocycles. The standard InChI is InChI=1S/C16H27N3O2/c17-11-12-19-16(21)14(13-7-3-1-4-8-13)9-5-2-6-10-15(18)20/h13-14H,1-10,12H2,(H2,18,20)(H,19,21). The van der Waals surface area contributed by atoms with E-state index in [0.29, 0.717) is 12.3 Å². The average molecular weight is 293 g/mol. The Balaban J connectivity index is 2.41. The lowest BCUT2D eigenvalue weighted by Gasteiger charge is -2.29. The molecule has 5 nitrogen and oxygen atoms in total. The first-order valence-electron chi connectivity index (χ1n) is 8.08. The van der Waals surface area contributed by atoms with Gasteiger partial charge in [-0.1, -0.05) is 32.1 Å². The molecule has 1 atom stereocenters. The molecule has 0 aromatic rings. The van der Waals surface area contributed by atoms with Crippen LogP contribution in [0.3, 0.4) is 0 Å². The van der Waals surface area contributed by atoms with Gasteiger partial charge in [-0.15, -0.1) is 0 Å². The molecule has 0 saturated heterocycles. The number of hydrogen-bond acceptors (Lipinski definition) is 3. The summed E-state index contributed by atoms with van der Waals surface area (Å²) in [7, 11) is 0. The molecular formula is C16H27N3O2.